The smallest absolute Gasteiger partial charge is 0.00130 e. The highest BCUT2D eigenvalue weighted by Gasteiger charge is 2.25. The highest BCUT2D eigenvalue weighted by molar-refractivity contribution is 6.15. The van der Waals surface area contributed by atoms with Crippen LogP contribution >= 0.6 is 0 Å². The summed E-state index contributed by atoms with van der Waals surface area (Å²) in [6.07, 6.45) is 2.07. The molecule has 0 bridgehead atoms. The molecule has 2 aliphatic rings. The molecule has 0 amide bonds. The van der Waals surface area contributed by atoms with Gasteiger partial charge in [0.25, 0.3) is 0 Å². The average Bonchev–Trinajstić information content (AvgIpc) is 3.09. The summed E-state index contributed by atoms with van der Waals surface area (Å²) in [5.41, 5.74) is 11.6. The van der Waals surface area contributed by atoms with Crippen LogP contribution in [-0.4, -0.2) is 0 Å². The Labute approximate surface area is 164 Å². The summed E-state index contributed by atoms with van der Waals surface area (Å²) in [5, 5.41) is 5.52. The van der Waals surface area contributed by atoms with Gasteiger partial charge in [0.1, 0.15) is 0 Å². The van der Waals surface area contributed by atoms with E-state index < -0.39 is 0 Å². The number of hydrogen-bond acceptors (Lipinski definition) is 0. The Balaban J connectivity index is 1.62. The molecule has 0 spiro atoms. The summed E-state index contributed by atoms with van der Waals surface area (Å²) in [6.45, 7) is 0. The van der Waals surface area contributed by atoms with Crippen LogP contribution in [0.3, 0.4) is 0 Å². The highest BCUT2D eigenvalue weighted by atomic mass is 14.3. The largest absolute Gasteiger partial charge is 0.0619 e. The van der Waals surface area contributed by atoms with Gasteiger partial charge in [-0.25, -0.2) is 0 Å². The minimum Gasteiger partial charge on any atom is -0.0619 e. The zero-order valence-electron chi connectivity index (χ0n) is 15.5. The number of fused-ring (bicyclic) bond motifs is 7. The van der Waals surface area contributed by atoms with Gasteiger partial charge >= 0.3 is 0 Å². The van der Waals surface area contributed by atoms with E-state index in [1.807, 2.05) is 0 Å². The van der Waals surface area contributed by atoms with Crippen molar-refractivity contribution in [2.45, 2.75) is 12.8 Å². The summed E-state index contributed by atoms with van der Waals surface area (Å²) in [6, 6.07) is 31.8. The molecule has 2 aliphatic carbocycles. The SMILES string of the molecule is c1ccc2c(c1)Cc1cc3c(cc1-2)Cc1cccc2cc4ccccc4c-3c12. The van der Waals surface area contributed by atoms with Crippen LogP contribution in [0, 0.1) is 0 Å². The van der Waals surface area contributed by atoms with Crippen LogP contribution in [0.25, 0.3) is 43.8 Å². The second-order valence-electron chi connectivity index (χ2n) is 8.17. The van der Waals surface area contributed by atoms with Gasteiger partial charge in [-0.15, -0.1) is 0 Å². The molecule has 5 aromatic carbocycles. The predicted molar refractivity (Wildman–Crippen MR) is 118 cm³/mol. The van der Waals surface area contributed by atoms with E-state index in [1.165, 1.54) is 66.1 Å². The van der Waals surface area contributed by atoms with Gasteiger partial charge in [0.05, 0.1) is 0 Å². The Bertz CT molecular complexity index is 1450. The lowest BCUT2D eigenvalue weighted by atomic mass is 9.79. The van der Waals surface area contributed by atoms with Crippen LogP contribution < -0.4 is 0 Å². The fourth-order valence-corrected chi connectivity index (χ4v) is 5.44. The van der Waals surface area contributed by atoms with E-state index in [-0.39, 0.29) is 0 Å². The van der Waals surface area contributed by atoms with E-state index >= 15 is 0 Å². The Hall–Kier alpha value is -3.38. The Morgan fingerprint density at radius 3 is 2.18 bits per heavy atom. The van der Waals surface area contributed by atoms with Gasteiger partial charge in [-0.05, 0) is 97.1 Å². The fourth-order valence-electron chi connectivity index (χ4n) is 5.44. The quantitative estimate of drug-likeness (QED) is 0.254. The molecule has 5 aromatic rings. The summed E-state index contributed by atoms with van der Waals surface area (Å²) in [4.78, 5) is 0. The van der Waals surface area contributed by atoms with Crippen molar-refractivity contribution < 1.29 is 0 Å². The van der Waals surface area contributed by atoms with E-state index in [4.69, 9.17) is 0 Å². The molecule has 0 atom stereocenters. The standard InChI is InChI=1S/C28H18/c1-3-10-23-17(6-1)13-21-16-26-22(15-25(21)23)14-20-9-5-8-19-12-18-7-2-4-11-24(18)28(26)27(19)20/h1-12,15-16H,13-14H2. The molecule has 130 valence electrons. The van der Waals surface area contributed by atoms with Crippen molar-refractivity contribution in [2.24, 2.45) is 0 Å². The summed E-state index contributed by atoms with van der Waals surface area (Å²) in [7, 11) is 0. The fraction of sp³-hybridized carbons (Fsp3) is 0.0714. The molecule has 0 unspecified atom stereocenters. The van der Waals surface area contributed by atoms with Crippen LogP contribution in [0.1, 0.15) is 22.3 Å². The van der Waals surface area contributed by atoms with Gasteiger partial charge in [0.2, 0.25) is 0 Å². The minimum atomic E-state index is 1.02. The first kappa shape index (κ1) is 14.6. The lowest BCUT2D eigenvalue weighted by molar-refractivity contribution is 1.19. The van der Waals surface area contributed by atoms with Gasteiger partial charge in [-0.1, -0.05) is 66.7 Å². The van der Waals surface area contributed by atoms with Crippen LogP contribution in [-0.2, 0) is 12.8 Å². The van der Waals surface area contributed by atoms with Gasteiger partial charge in [-0.2, -0.15) is 0 Å². The second-order valence-corrected chi connectivity index (χ2v) is 8.17. The van der Waals surface area contributed by atoms with Crippen molar-refractivity contribution in [3.05, 3.63) is 107 Å². The number of rotatable bonds is 0. The molecule has 0 nitrogen and oxygen atoms in total. The molecule has 0 radical (unpaired) electrons. The Kier molecular flexibility index (Phi) is 2.67. The zero-order chi connectivity index (χ0) is 18.2. The number of benzene rings is 5. The van der Waals surface area contributed by atoms with E-state index in [1.54, 1.807) is 0 Å². The summed E-state index contributed by atoms with van der Waals surface area (Å²) in [5.74, 6) is 0. The lowest BCUT2D eigenvalue weighted by Crippen LogP contribution is -2.03. The van der Waals surface area contributed by atoms with Crippen molar-refractivity contribution in [1.29, 1.82) is 0 Å². The Morgan fingerprint density at radius 2 is 1.18 bits per heavy atom. The molecule has 0 fully saturated rings. The number of hydrogen-bond donors (Lipinski definition) is 0. The molecule has 0 N–H and O–H groups in total. The first-order valence-electron chi connectivity index (χ1n) is 10.0. The zero-order valence-corrected chi connectivity index (χ0v) is 15.5. The second kappa shape index (κ2) is 5.11. The van der Waals surface area contributed by atoms with Crippen LogP contribution in [0.15, 0.2) is 84.9 Å². The third-order valence-corrected chi connectivity index (χ3v) is 6.64. The topological polar surface area (TPSA) is 0 Å². The molecule has 0 heteroatoms. The van der Waals surface area contributed by atoms with Crippen LogP contribution in [0.4, 0.5) is 0 Å². The van der Waals surface area contributed by atoms with Crippen molar-refractivity contribution in [3.8, 4) is 22.3 Å². The van der Waals surface area contributed by atoms with Gasteiger partial charge in [0, 0.05) is 0 Å². The molecule has 0 saturated carbocycles. The van der Waals surface area contributed by atoms with Gasteiger partial charge < -0.3 is 0 Å². The normalized spacial score (nSPS) is 13.4. The molecule has 0 aromatic heterocycles. The van der Waals surface area contributed by atoms with Crippen molar-refractivity contribution in [1.82, 2.24) is 0 Å². The molecule has 28 heavy (non-hydrogen) atoms. The van der Waals surface area contributed by atoms with Gasteiger partial charge in [0.15, 0.2) is 0 Å². The molecule has 0 heterocycles. The van der Waals surface area contributed by atoms with Crippen molar-refractivity contribution >= 4 is 21.5 Å². The molecular formula is C28H18. The van der Waals surface area contributed by atoms with E-state index in [9.17, 15) is 0 Å². The molecule has 0 aliphatic heterocycles. The summed E-state index contributed by atoms with van der Waals surface area (Å²) < 4.78 is 0. The maximum Gasteiger partial charge on any atom is -0.00130 e. The first-order chi connectivity index (χ1) is 13.9. The van der Waals surface area contributed by atoms with E-state index in [2.05, 4.69) is 84.9 Å². The third kappa shape index (κ3) is 1.80. The van der Waals surface area contributed by atoms with Crippen molar-refractivity contribution in [2.75, 3.05) is 0 Å². The highest BCUT2D eigenvalue weighted by Crippen LogP contribution is 2.47. The van der Waals surface area contributed by atoms with E-state index in [0.29, 0.717) is 0 Å². The molecule has 7 rings (SSSR count). The average molecular weight is 354 g/mol. The molecular weight excluding hydrogens is 336 g/mol. The first-order valence-corrected chi connectivity index (χ1v) is 10.0. The lowest BCUT2D eigenvalue weighted by Gasteiger charge is -2.24. The monoisotopic (exact) mass is 354 g/mol. The maximum atomic E-state index is 2.49. The maximum absolute atomic E-state index is 2.49. The van der Waals surface area contributed by atoms with Crippen LogP contribution in [0.5, 0.6) is 0 Å². The van der Waals surface area contributed by atoms with Crippen LogP contribution in [0.2, 0.25) is 0 Å². The van der Waals surface area contributed by atoms with Crippen molar-refractivity contribution in [3.63, 3.8) is 0 Å². The third-order valence-electron chi connectivity index (χ3n) is 6.64. The van der Waals surface area contributed by atoms with Gasteiger partial charge in [-0.3, -0.25) is 0 Å². The van der Waals surface area contributed by atoms with E-state index in [0.717, 1.165) is 12.8 Å². The molecule has 0 saturated heterocycles. The summed E-state index contributed by atoms with van der Waals surface area (Å²) >= 11 is 0. The Morgan fingerprint density at radius 1 is 0.464 bits per heavy atom. The minimum absolute atomic E-state index is 1.02. The predicted octanol–water partition coefficient (Wildman–Crippen LogP) is 7.14.